The number of aromatic amines is 1. The number of ether oxygens (including phenoxy) is 2. The van der Waals surface area contributed by atoms with Crippen molar-refractivity contribution in [1.82, 2.24) is 9.97 Å². The second-order valence-electron chi connectivity index (χ2n) is 6.57. The van der Waals surface area contributed by atoms with E-state index in [4.69, 9.17) is 9.47 Å². The molecule has 0 spiro atoms. The summed E-state index contributed by atoms with van der Waals surface area (Å²) in [6.45, 7) is 9.11. The van der Waals surface area contributed by atoms with Crippen LogP contribution < -0.4 is 10.3 Å². The number of nitrogens with zero attached hydrogens (tertiary/aromatic N) is 1. The molecule has 2 heterocycles. The molecule has 3 aromatic rings. The van der Waals surface area contributed by atoms with Crippen molar-refractivity contribution >= 4 is 27.5 Å². The number of hydrogen-bond acceptors (Lipinski definition) is 6. The Morgan fingerprint density at radius 1 is 1.22 bits per heavy atom. The number of H-pyrrole nitrogens is 1. The minimum absolute atomic E-state index is 0.219. The highest BCUT2D eigenvalue weighted by atomic mass is 32.1. The van der Waals surface area contributed by atoms with Gasteiger partial charge in [-0.15, -0.1) is 11.3 Å². The van der Waals surface area contributed by atoms with Crippen LogP contribution in [0.4, 0.5) is 0 Å². The van der Waals surface area contributed by atoms with Gasteiger partial charge in [-0.1, -0.05) is 12.1 Å². The van der Waals surface area contributed by atoms with Gasteiger partial charge in [0.1, 0.15) is 10.6 Å². The molecule has 0 saturated carbocycles. The second-order valence-corrected chi connectivity index (χ2v) is 7.77. The van der Waals surface area contributed by atoms with Gasteiger partial charge in [0.05, 0.1) is 5.39 Å². The van der Waals surface area contributed by atoms with Gasteiger partial charge in [0.2, 0.25) is 0 Å². The normalized spacial score (nSPS) is 13.4. The first-order valence-corrected chi connectivity index (χ1v) is 9.51. The predicted molar refractivity (Wildman–Crippen MR) is 105 cm³/mol. The van der Waals surface area contributed by atoms with Crippen LogP contribution in [0.5, 0.6) is 5.75 Å². The summed E-state index contributed by atoms with van der Waals surface area (Å²) in [6.07, 6.45) is -1.48. The lowest BCUT2D eigenvalue weighted by molar-refractivity contribution is -0.156. The third kappa shape index (κ3) is 4.03. The van der Waals surface area contributed by atoms with Gasteiger partial charge in [-0.2, -0.15) is 0 Å². The highest BCUT2D eigenvalue weighted by molar-refractivity contribution is 7.18. The Balaban J connectivity index is 1.74. The lowest BCUT2D eigenvalue weighted by atomic mass is 10.2. The third-order valence-electron chi connectivity index (χ3n) is 4.37. The van der Waals surface area contributed by atoms with Gasteiger partial charge in [-0.05, 0) is 57.9 Å². The number of benzene rings is 1. The second kappa shape index (κ2) is 7.52. The van der Waals surface area contributed by atoms with Crippen molar-refractivity contribution in [1.29, 1.82) is 0 Å². The number of hydrogen-bond donors (Lipinski definition) is 1. The molecule has 2 atom stereocenters. The molecule has 7 heteroatoms. The van der Waals surface area contributed by atoms with Crippen LogP contribution in [-0.4, -0.2) is 22.0 Å². The van der Waals surface area contributed by atoms with Gasteiger partial charge in [-0.3, -0.25) is 4.79 Å². The fraction of sp³-hybridized carbons (Fsp3) is 0.350. The van der Waals surface area contributed by atoms with E-state index < -0.39 is 18.2 Å². The van der Waals surface area contributed by atoms with E-state index in [0.29, 0.717) is 21.8 Å². The molecule has 0 saturated heterocycles. The maximum absolute atomic E-state index is 12.4. The van der Waals surface area contributed by atoms with Gasteiger partial charge < -0.3 is 14.5 Å². The van der Waals surface area contributed by atoms with Crippen molar-refractivity contribution in [2.24, 2.45) is 0 Å². The van der Waals surface area contributed by atoms with Gasteiger partial charge >= 0.3 is 5.97 Å². The first-order chi connectivity index (χ1) is 12.8. The number of rotatable bonds is 5. The van der Waals surface area contributed by atoms with Crippen molar-refractivity contribution < 1.29 is 14.3 Å². The standard InChI is InChI=1S/C20H22N2O4S/c1-10-7-6-8-15(9-10)25-13(4)20(24)26-12(3)17-21-18(23)16-11(2)14(5)27-19(16)22-17/h6-9,12-13H,1-5H3,(H,21,22,23)/t12-,13-/m0/s1. The Morgan fingerprint density at radius 3 is 2.67 bits per heavy atom. The molecule has 0 aliphatic rings. The van der Waals surface area contributed by atoms with Crippen LogP contribution in [-0.2, 0) is 9.53 Å². The number of aromatic nitrogens is 2. The minimum Gasteiger partial charge on any atom is -0.479 e. The summed E-state index contributed by atoms with van der Waals surface area (Å²) in [4.78, 5) is 33.6. The molecule has 3 rings (SSSR count). The van der Waals surface area contributed by atoms with Gasteiger partial charge in [0.15, 0.2) is 18.0 Å². The fourth-order valence-corrected chi connectivity index (χ4v) is 3.77. The Morgan fingerprint density at radius 2 is 1.96 bits per heavy atom. The molecule has 0 unspecified atom stereocenters. The van der Waals surface area contributed by atoms with E-state index in [1.165, 1.54) is 11.3 Å². The molecule has 0 amide bonds. The third-order valence-corrected chi connectivity index (χ3v) is 5.47. The van der Waals surface area contributed by atoms with Gasteiger partial charge in [0.25, 0.3) is 5.56 Å². The molecule has 6 nitrogen and oxygen atoms in total. The first kappa shape index (κ1) is 19.1. The van der Waals surface area contributed by atoms with Crippen LogP contribution in [0.3, 0.4) is 0 Å². The van der Waals surface area contributed by atoms with E-state index in [2.05, 4.69) is 9.97 Å². The lowest BCUT2D eigenvalue weighted by Gasteiger charge is -2.17. The minimum atomic E-state index is -0.782. The average molecular weight is 386 g/mol. The number of esters is 1. The van der Waals surface area contributed by atoms with E-state index in [-0.39, 0.29) is 5.56 Å². The maximum Gasteiger partial charge on any atom is 0.347 e. The van der Waals surface area contributed by atoms with Crippen LogP contribution in [0.1, 0.15) is 41.8 Å². The number of aryl methyl sites for hydroxylation is 3. The van der Waals surface area contributed by atoms with Crippen LogP contribution >= 0.6 is 11.3 Å². The van der Waals surface area contributed by atoms with E-state index in [9.17, 15) is 9.59 Å². The molecule has 1 N–H and O–H groups in total. The largest absolute Gasteiger partial charge is 0.479 e. The quantitative estimate of drug-likeness (QED) is 0.671. The zero-order valence-corrected chi connectivity index (χ0v) is 16.8. The maximum atomic E-state index is 12.4. The smallest absolute Gasteiger partial charge is 0.347 e. The molecule has 0 fully saturated rings. The number of nitrogens with one attached hydrogen (secondary N) is 1. The highest BCUT2D eigenvalue weighted by Crippen LogP contribution is 2.27. The predicted octanol–water partition coefficient (Wildman–Crippen LogP) is 3.98. The van der Waals surface area contributed by atoms with Crippen LogP contribution in [0.15, 0.2) is 29.1 Å². The Kier molecular flexibility index (Phi) is 5.32. The first-order valence-electron chi connectivity index (χ1n) is 8.70. The summed E-state index contributed by atoms with van der Waals surface area (Å²) in [5.74, 6) is 0.403. The Labute approximate surface area is 161 Å². The number of carbonyl (C=O) groups excluding carboxylic acids is 1. The molecule has 0 aliphatic carbocycles. The molecule has 1 aromatic carbocycles. The summed E-state index contributed by atoms with van der Waals surface area (Å²) in [7, 11) is 0. The lowest BCUT2D eigenvalue weighted by Crippen LogP contribution is -2.28. The van der Waals surface area contributed by atoms with E-state index >= 15 is 0 Å². The van der Waals surface area contributed by atoms with Crippen LogP contribution in [0.25, 0.3) is 10.2 Å². The average Bonchev–Trinajstić information content (AvgIpc) is 2.89. The van der Waals surface area contributed by atoms with E-state index in [1.54, 1.807) is 19.9 Å². The SMILES string of the molecule is Cc1cccc(O[C@@H](C)C(=O)O[C@@H](C)c2nc3sc(C)c(C)c3c(=O)[nH]2)c1. The van der Waals surface area contributed by atoms with E-state index in [1.807, 2.05) is 39.0 Å². The molecule has 0 bridgehead atoms. The van der Waals surface area contributed by atoms with E-state index in [0.717, 1.165) is 16.0 Å². The summed E-state index contributed by atoms with van der Waals surface area (Å²) < 4.78 is 11.1. The molecule has 27 heavy (non-hydrogen) atoms. The van der Waals surface area contributed by atoms with Gasteiger partial charge in [-0.25, -0.2) is 9.78 Å². The number of fused-ring (bicyclic) bond motifs is 1. The topological polar surface area (TPSA) is 81.3 Å². The molecule has 0 aliphatic heterocycles. The summed E-state index contributed by atoms with van der Waals surface area (Å²) >= 11 is 1.46. The highest BCUT2D eigenvalue weighted by Gasteiger charge is 2.22. The van der Waals surface area contributed by atoms with Crippen LogP contribution in [0.2, 0.25) is 0 Å². The molecule has 142 valence electrons. The van der Waals surface area contributed by atoms with Crippen LogP contribution in [0, 0.1) is 20.8 Å². The monoisotopic (exact) mass is 386 g/mol. The van der Waals surface area contributed by atoms with Crippen molar-refractivity contribution in [3.63, 3.8) is 0 Å². The van der Waals surface area contributed by atoms with Crippen molar-refractivity contribution in [3.05, 3.63) is 56.4 Å². The molecular weight excluding hydrogens is 364 g/mol. The molecular formula is C20H22N2O4S. The molecule has 0 radical (unpaired) electrons. The zero-order chi connectivity index (χ0) is 19.7. The summed E-state index contributed by atoms with van der Waals surface area (Å²) in [5, 5.41) is 0.593. The van der Waals surface area contributed by atoms with Crippen molar-refractivity contribution in [2.45, 2.75) is 46.8 Å². The Hall–Kier alpha value is -2.67. The van der Waals surface area contributed by atoms with Gasteiger partial charge in [0, 0.05) is 4.88 Å². The number of carbonyl (C=O) groups is 1. The zero-order valence-electron chi connectivity index (χ0n) is 16.0. The van der Waals surface area contributed by atoms with Crippen molar-refractivity contribution in [2.75, 3.05) is 0 Å². The Bertz CT molecular complexity index is 1050. The summed E-state index contributed by atoms with van der Waals surface area (Å²) in [5.41, 5.74) is 1.75. The molecule has 2 aromatic heterocycles. The number of thiophene rings is 1. The fourth-order valence-electron chi connectivity index (χ4n) is 2.73. The van der Waals surface area contributed by atoms with Crippen molar-refractivity contribution in [3.8, 4) is 5.75 Å². The summed E-state index contributed by atoms with van der Waals surface area (Å²) in [6, 6.07) is 7.45.